The van der Waals surface area contributed by atoms with Crippen LogP contribution in [0.1, 0.15) is 54.3 Å². The third-order valence-corrected chi connectivity index (χ3v) is 23.8. The first-order chi connectivity index (χ1) is 59.5. The first-order valence-electron chi connectivity index (χ1n) is 40.6. The minimum absolute atomic E-state index is 0.306. The topological polar surface area (TPSA) is 151 Å². The van der Waals surface area contributed by atoms with Crippen molar-refractivity contribution in [3.05, 3.63) is 446 Å². The van der Waals surface area contributed by atoms with Gasteiger partial charge in [-0.25, -0.2) is 24.0 Å². The summed E-state index contributed by atoms with van der Waals surface area (Å²) in [6.45, 7) is 20.7. The van der Waals surface area contributed by atoms with Crippen molar-refractivity contribution in [2.75, 3.05) is 0 Å². The van der Waals surface area contributed by atoms with Crippen molar-refractivity contribution in [3.63, 3.8) is 0 Å². The van der Waals surface area contributed by atoms with Crippen LogP contribution in [0.25, 0.3) is 165 Å². The monoisotopic (exact) mass is 1640 g/mol. The fourth-order valence-electron chi connectivity index (χ4n) is 14.9. The second-order valence-corrected chi connectivity index (χ2v) is 33.7. The zero-order valence-electron chi connectivity index (χ0n) is 69.7. The van der Waals surface area contributed by atoms with Crippen LogP contribution in [0.2, 0.25) is 0 Å². The molecule has 0 aliphatic carbocycles. The largest absolute Gasteiger partial charge is 0.423 e. The van der Waals surface area contributed by atoms with Crippen LogP contribution in [0.4, 0.5) is 0 Å². The number of aryl methyl sites for hydroxylation is 10. The van der Waals surface area contributed by atoms with E-state index in [1.165, 1.54) is 77.8 Å². The van der Waals surface area contributed by atoms with E-state index in [0.717, 1.165) is 132 Å². The molecule has 0 aliphatic heterocycles. The molecule has 0 unspecified atom stereocenters. The van der Waals surface area contributed by atoms with Gasteiger partial charge in [0.25, 0.3) is 0 Å². The number of rotatable bonds is 10. The number of hydrogen-bond acceptors (Lipinski definition) is 12. The van der Waals surface area contributed by atoms with Gasteiger partial charge in [-0.15, -0.1) is 22.7 Å². The Hall–Kier alpha value is -14.7. The summed E-state index contributed by atoms with van der Waals surface area (Å²) in [7, 11) is 0. The van der Waals surface area contributed by atoms with Crippen molar-refractivity contribution in [1.82, 2.24) is 0 Å². The molecule has 0 bridgehead atoms. The molecule has 0 atom stereocenters. The van der Waals surface area contributed by atoms with Crippen molar-refractivity contribution in [1.29, 1.82) is 0 Å². The van der Waals surface area contributed by atoms with Crippen LogP contribution in [0.15, 0.2) is 386 Å². The summed E-state index contributed by atoms with van der Waals surface area (Å²) in [6, 6.07) is 113. The summed E-state index contributed by atoms with van der Waals surface area (Å²) >= 11 is 3.46. The Balaban J connectivity index is 0.000000114. The lowest BCUT2D eigenvalue weighted by Gasteiger charge is -2.12. The van der Waals surface area contributed by atoms with Crippen molar-refractivity contribution in [2.45, 2.75) is 69.2 Å². The van der Waals surface area contributed by atoms with Crippen LogP contribution in [-0.4, -0.2) is 0 Å². The molecule has 12 heteroatoms. The molecule has 123 heavy (non-hydrogen) atoms. The standard InChI is InChI=1S/4C23H18O2.C19H14O2S2/c1-15-3-7-17(8-4-15)20-13-19-11-12-23(24)25-22(19)14-21(20)18-9-5-16(2)6-10-18;1-15-3-7-17(8-4-15)20-13-19-11-12-22(24)25-23(19)21(14-20)18-9-5-16(2)6-10-18;1-15-3-7-17(8-4-15)19-11-12-22-20(13-19)14-21(23(24)25-22)18-9-5-16(2)6-10-18;1-15-3-7-17(8-4-15)19-11-12-20(18-9-5-16(2)6-10-18)23-21(19)13-14-22(24)25-23;1-11-3-8-16(22-11)13-5-6-15(17-9-4-12(2)23-17)19-14(13)7-10-18(20)21-19/h4*3-14H,1-2H3;3-10H,1-2H3. The third-order valence-electron chi connectivity index (χ3n) is 21.7. The minimum Gasteiger partial charge on any atom is -0.423 e. The van der Waals surface area contributed by atoms with Crippen LogP contribution in [0, 0.1) is 69.2 Å². The second kappa shape index (κ2) is 36.1. The van der Waals surface area contributed by atoms with Gasteiger partial charge in [0.1, 0.15) is 27.9 Å². The molecule has 0 fully saturated rings. The molecule has 13 aromatic carbocycles. The van der Waals surface area contributed by atoms with Gasteiger partial charge >= 0.3 is 28.1 Å². The van der Waals surface area contributed by atoms with E-state index < -0.39 is 0 Å². The average molecular weight is 1640 g/mol. The molecule has 0 saturated carbocycles. The lowest BCUT2D eigenvalue weighted by atomic mass is 9.92. The number of benzene rings is 13. The molecule has 0 amide bonds. The van der Waals surface area contributed by atoms with Gasteiger partial charge in [-0.3, -0.25) is 0 Å². The Kier molecular flexibility index (Phi) is 24.1. The van der Waals surface area contributed by atoms with E-state index in [1.54, 1.807) is 22.7 Å². The average Bonchev–Trinajstić information content (AvgIpc) is 1.62. The van der Waals surface area contributed by atoms with Gasteiger partial charge in [0.05, 0.1) is 5.56 Å². The van der Waals surface area contributed by atoms with E-state index in [9.17, 15) is 24.0 Å². The van der Waals surface area contributed by atoms with Gasteiger partial charge < -0.3 is 22.1 Å². The van der Waals surface area contributed by atoms with E-state index in [-0.39, 0.29) is 28.1 Å². The molecule has 7 aromatic heterocycles. The smallest absolute Gasteiger partial charge is 0.344 e. The minimum atomic E-state index is -0.332. The highest BCUT2D eigenvalue weighted by Gasteiger charge is 2.19. The van der Waals surface area contributed by atoms with Crippen LogP contribution >= 0.6 is 22.7 Å². The maximum Gasteiger partial charge on any atom is 0.344 e. The first kappa shape index (κ1) is 82.0. The fourth-order valence-corrected chi connectivity index (χ4v) is 16.7. The van der Waals surface area contributed by atoms with E-state index >= 15 is 0 Å². The van der Waals surface area contributed by atoms with Crippen molar-refractivity contribution >= 4 is 77.5 Å². The zero-order chi connectivity index (χ0) is 85.5. The number of thiophene rings is 2. The fraction of sp³-hybridized carbons (Fsp3) is 0.0901. The zero-order valence-corrected chi connectivity index (χ0v) is 71.4. The second-order valence-electron chi connectivity index (χ2n) is 31.2. The molecule has 0 aliphatic rings. The molecule has 0 spiro atoms. The highest BCUT2D eigenvalue weighted by Crippen LogP contribution is 2.42. The van der Waals surface area contributed by atoms with Gasteiger partial charge in [-0.05, 0) is 245 Å². The summed E-state index contributed by atoms with van der Waals surface area (Å²) in [5, 5.41) is 4.70. The van der Waals surface area contributed by atoms with Crippen molar-refractivity contribution < 1.29 is 22.1 Å². The summed E-state index contributed by atoms with van der Waals surface area (Å²) < 4.78 is 27.7. The van der Waals surface area contributed by atoms with Crippen molar-refractivity contribution in [2.24, 2.45) is 0 Å². The normalized spacial score (nSPS) is 11.0. The summed E-state index contributed by atoms with van der Waals surface area (Å²) in [6.07, 6.45) is 0. The molecule has 7 heterocycles. The number of fused-ring (bicyclic) bond motifs is 5. The van der Waals surface area contributed by atoms with Crippen LogP contribution < -0.4 is 28.1 Å². The molecule has 20 aromatic rings. The Bertz CT molecular complexity index is 7590. The molecule has 602 valence electrons. The summed E-state index contributed by atoms with van der Waals surface area (Å²) in [5.41, 5.74) is 29.9. The maximum atomic E-state index is 12.3. The SMILES string of the molecule is Cc1ccc(-c2cc(-c3ccc(C)cc3)c3oc(=O)ccc3c2)cc1.Cc1ccc(-c2cc3ccc(=O)oc3cc2-c2ccc(C)cc2)cc1.Cc1ccc(-c2ccc(-c3ccc(C)cc3)c3oc(=O)ccc23)cc1.Cc1ccc(-c2ccc(-c3ccc(C)s3)c3oc(=O)ccc23)s1.Cc1ccc(-c2ccc3oc(=O)c(-c4ccc(C)cc4)cc3c2)cc1. The highest BCUT2D eigenvalue weighted by molar-refractivity contribution is 7.16. The highest BCUT2D eigenvalue weighted by atomic mass is 32.1. The predicted molar refractivity (Wildman–Crippen MR) is 510 cm³/mol. The van der Waals surface area contributed by atoms with Gasteiger partial charge in [0.15, 0.2) is 0 Å². The third kappa shape index (κ3) is 19.0. The summed E-state index contributed by atoms with van der Waals surface area (Å²) in [4.78, 5) is 64.1. The molecular formula is C111H86O10S2. The molecule has 20 rings (SSSR count). The lowest BCUT2D eigenvalue weighted by molar-refractivity contribution is 0.561. The van der Waals surface area contributed by atoms with Crippen LogP contribution in [0.5, 0.6) is 0 Å². The van der Waals surface area contributed by atoms with Gasteiger partial charge in [0, 0.05) is 93.0 Å². The molecule has 10 nitrogen and oxygen atoms in total. The lowest BCUT2D eigenvalue weighted by Crippen LogP contribution is -2.02. The molecule has 0 radical (unpaired) electrons. The number of hydrogen-bond donors (Lipinski definition) is 0. The van der Waals surface area contributed by atoms with E-state index in [2.05, 4.69) is 299 Å². The molecule has 0 N–H and O–H groups in total. The Morgan fingerprint density at radius 2 is 0.520 bits per heavy atom. The summed E-state index contributed by atoms with van der Waals surface area (Å²) in [5.74, 6) is 0. The van der Waals surface area contributed by atoms with Gasteiger partial charge in [-0.2, -0.15) is 0 Å². The predicted octanol–water partition coefficient (Wildman–Crippen LogP) is 28.8. The van der Waals surface area contributed by atoms with Crippen LogP contribution in [-0.2, 0) is 0 Å². The van der Waals surface area contributed by atoms with Crippen molar-refractivity contribution in [3.8, 4) is 110 Å². The van der Waals surface area contributed by atoms with Gasteiger partial charge in [0.2, 0.25) is 0 Å². The van der Waals surface area contributed by atoms with E-state index in [0.29, 0.717) is 33.5 Å². The first-order valence-corrected chi connectivity index (χ1v) is 42.2. The quantitative estimate of drug-likeness (QED) is 0.121. The molecular weight excluding hydrogens is 1560 g/mol. The Labute approximate surface area is 719 Å². The molecule has 0 saturated heterocycles. The Morgan fingerprint density at radius 3 is 1.00 bits per heavy atom. The van der Waals surface area contributed by atoms with Gasteiger partial charge in [-0.1, -0.05) is 257 Å². The maximum absolute atomic E-state index is 12.3. The Morgan fingerprint density at radius 1 is 0.187 bits per heavy atom. The van der Waals surface area contributed by atoms with E-state index in [4.69, 9.17) is 22.1 Å². The van der Waals surface area contributed by atoms with Crippen LogP contribution in [0.3, 0.4) is 0 Å². The van der Waals surface area contributed by atoms with E-state index in [1.807, 2.05) is 85.8 Å².